The van der Waals surface area contributed by atoms with Crippen molar-refractivity contribution in [1.29, 1.82) is 0 Å². The lowest BCUT2D eigenvalue weighted by molar-refractivity contribution is 0.379. The second-order valence-corrected chi connectivity index (χ2v) is 6.58. The van der Waals surface area contributed by atoms with E-state index in [1.54, 1.807) is 11.3 Å². The van der Waals surface area contributed by atoms with Crippen LogP contribution in [0.1, 0.15) is 21.8 Å². The average Bonchev–Trinajstić information content (AvgIpc) is 2.96. The van der Waals surface area contributed by atoms with Gasteiger partial charge in [-0.15, -0.1) is 11.3 Å². The van der Waals surface area contributed by atoms with Crippen LogP contribution in [0.2, 0.25) is 0 Å². The van der Waals surface area contributed by atoms with E-state index in [-0.39, 0.29) is 0 Å². The molecule has 0 radical (unpaired) electrons. The first-order chi connectivity index (χ1) is 10.8. The van der Waals surface area contributed by atoms with Crippen LogP contribution in [0.25, 0.3) is 0 Å². The van der Waals surface area contributed by atoms with E-state index in [2.05, 4.69) is 49.8 Å². The van der Waals surface area contributed by atoms with E-state index in [1.807, 2.05) is 14.0 Å². The molecule has 0 spiro atoms. The number of nitrogens with zero attached hydrogens (tertiary/aromatic N) is 3. The molecule has 0 fully saturated rings. The highest BCUT2D eigenvalue weighted by atomic mass is 32.1. The third-order valence-corrected chi connectivity index (χ3v) is 4.80. The molecule has 0 bridgehead atoms. The third-order valence-electron chi connectivity index (χ3n) is 3.97. The Bertz CT molecular complexity index is 662. The van der Waals surface area contributed by atoms with Gasteiger partial charge in [0.1, 0.15) is 0 Å². The van der Waals surface area contributed by atoms with Gasteiger partial charge < -0.3 is 10.2 Å². The zero-order valence-electron chi connectivity index (χ0n) is 13.2. The van der Waals surface area contributed by atoms with Gasteiger partial charge in [-0.25, -0.2) is 4.98 Å². The van der Waals surface area contributed by atoms with E-state index in [0.29, 0.717) is 0 Å². The second-order valence-electron chi connectivity index (χ2n) is 5.52. The Morgan fingerprint density at radius 1 is 1.36 bits per heavy atom. The summed E-state index contributed by atoms with van der Waals surface area (Å²) >= 11 is 1.71. The molecule has 3 rings (SSSR count). The number of hydrogen-bond donors (Lipinski definition) is 1. The molecule has 0 amide bonds. The van der Waals surface area contributed by atoms with Gasteiger partial charge in [0.15, 0.2) is 5.96 Å². The molecule has 0 saturated heterocycles. The van der Waals surface area contributed by atoms with Crippen molar-refractivity contribution in [1.82, 2.24) is 15.2 Å². The minimum atomic E-state index is 0.869. The molecule has 0 atom stereocenters. The molecule has 5 heteroatoms. The largest absolute Gasteiger partial charge is 0.356 e. The first kappa shape index (κ1) is 15.0. The lowest BCUT2D eigenvalue weighted by Gasteiger charge is -2.31. The van der Waals surface area contributed by atoms with E-state index in [9.17, 15) is 0 Å². The number of benzene rings is 1. The fourth-order valence-electron chi connectivity index (χ4n) is 2.83. The topological polar surface area (TPSA) is 40.5 Å². The van der Waals surface area contributed by atoms with Crippen LogP contribution in [0.5, 0.6) is 0 Å². The quantitative estimate of drug-likeness (QED) is 0.699. The molecule has 2 aromatic rings. The summed E-state index contributed by atoms with van der Waals surface area (Å²) in [7, 11) is 1.86. The SMILES string of the molecule is CN=C(NCCc1csc(C)n1)N1CCc2ccccc2C1. The number of guanidine groups is 1. The fraction of sp³-hybridized carbons (Fsp3) is 0.412. The van der Waals surface area contributed by atoms with Crippen LogP contribution >= 0.6 is 11.3 Å². The van der Waals surface area contributed by atoms with E-state index >= 15 is 0 Å². The number of fused-ring (bicyclic) bond motifs is 1. The van der Waals surface area contributed by atoms with Crippen LogP contribution < -0.4 is 5.32 Å². The summed E-state index contributed by atoms with van der Waals surface area (Å²) in [5.41, 5.74) is 4.04. The van der Waals surface area contributed by atoms with Crippen molar-refractivity contribution in [3.05, 3.63) is 51.5 Å². The van der Waals surface area contributed by atoms with Gasteiger partial charge in [-0.2, -0.15) is 0 Å². The van der Waals surface area contributed by atoms with E-state index in [0.717, 1.165) is 49.1 Å². The van der Waals surface area contributed by atoms with E-state index < -0.39 is 0 Å². The smallest absolute Gasteiger partial charge is 0.193 e. The number of aliphatic imine (C=N–C) groups is 1. The summed E-state index contributed by atoms with van der Waals surface area (Å²) in [6.45, 7) is 4.87. The Morgan fingerprint density at radius 2 is 2.18 bits per heavy atom. The van der Waals surface area contributed by atoms with Crippen LogP contribution in [0, 0.1) is 6.92 Å². The Balaban J connectivity index is 1.56. The summed E-state index contributed by atoms with van der Waals surface area (Å²) in [6, 6.07) is 8.68. The Hall–Kier alpha value is -1.88. The van der Waals surface area contributed by atoms with E-state index in [4.69, 9.17) is 0 Å². The Morgan fingerprint density at radius 3 is 2.91 bits per heavy atom. The van der Waals surface area contributed by atoms with Crippen molar-refractivity contribution in [2.24, 2.45) is 4.99 Å². The molecule has 1 N–H and O–H groups in total. The number of rotatable bonds is 3. The lowest BCUT2D eigenvalue weighted by Crippen LogP contribution is -2.44. The predicted octanol–water partition coefficient (Wildman–Crippen LogP) is 2.63. The summed E-state index contributed by atoms with van der Waals surface area (Å²) in [5.74, 6) is 0.987. The van der Waals surface area contributed by atoms with Crippen LogP contribution in [0.3, 0.4) is 0 Å². The van der Waals surface area contributed by atoms with Crippen molar-refractivity contribution in [3.8, 4) is 0 Å². The second kappa shape index (κ2) is 6.92. The van der Waals surface area contributed by atoms with Gasteiger partial charge in [0, 0.05) is 38.5 Å². The maximum absolute atomic E-state index is 4.50. The minimum Gasteiger partial charge on any atom is -0.356 e. The number of nitrogens with one attached hydrogen (secondary N) is 1. The monoisotopic (exact) mass is 314 g/mol. The van der Waals surface area contributed by atoms with E-state index in [1.165, 1.54) is 11.1 Å². The molecule has 2 heterocycles. The van der Waals surface area contributed by atoms with Gasteiger partial charge in [-0.1, -0.05) is 24.3 Å². The molecule has 0 aliphatic carbocycles. The van der Waals surface area contributed by atoms with Gasteiger partial charge >= 0.3 is 0 Å². The third kappa shape index (κ3) is 3.47. The first-order valence-electron chi connectivity index (χ1n) is 7.69. The number of thiazole rings is 1. The highest BCUT2D eigenvalue weighted by Crippen LogP contribution is 2.18. The van der Waals surface area contributed by atoms with Crippen molar-refractivity contribution in [2.75, 3.05) is 20.1 Å². The summed E-state index contributed by atoms with van der Waals surface area (Å²) < 4.78 is 0. The number of hydrogen-bond acceptors (Lipinski definition) is 3. The van der Waals surface area contributed by atoms with Gasteiger partial charge in [0.2, 0.25) is 0 Å². The maximum Gasteiger partial charge on any atom is 0.193 e. The molecule has 0 saturated carbocycles. The Kier molecular flexibility index (Phi) is 4.73. The van der Waals surface area contributed by atoms with Crippen molar-refractivity contribution >= 4 is 17.3 Å². The maximum atomic E-state index is 4.50. The fourth-order valence-corrected chi connectivity index (χ4v) is 3.48. The summed E-state index contributed by atoms with van der Waals surface area (Å²) in [5, 5.41) is 6.74. The highest BCUT2D eigenvalue weighted by Gasteiger charge is 2.18. The van der Waals surface area contributed by atoms with Crippen molar-refractivity contribution in [2.45, 2.75) is 26.3 Å². The molecule has 1 aromatic carbocycles. The molecule has 1 aromatic heterocycles. The van der Waals surface area contributed by atoms with Crippen molar-refractivity contribution in [3.63, 3.8) is 0 Å². The molecule has 0 unspecified atom stereocenters. The molecule has 116 valence electrons. The van der Waals surface area contributed by atoms with Gasteiger partial charge in [-0.05, 0) is 24.5 Å². The van der Waals surface area contributed by atoms with Gasteiger partial charge in [-0.3, -0.25) is 4.99 Å². The molecule has 1 aliphatic heterocycles. The standard InChI is InChI=1S/C17H22N4S/c1-13-20-16(12-22-13)7-9-19-17(18-2)21-10-8-14-5-3-4-6-15(14)11-21/h3-6,12H,7-11H2,1-2H3,(H,18,19). The van der Waals surface area contributed by atoms with Crippen LogP contribution in [0.4, 0.5) is 0 Å². The van der Waals surface area contributed by atoms with Crippen LogP contribution in [0.15, 0.2) is 34.6 Å². The predicted molar refractivity (Wildman–Crippen MR) is 92.5 cm³/mol. The molecule has 1 aliphatic rings. The summed E-state index contributed by atoms with van der Waals surface area (Å²) in [6.07, 6.45) is 2.02. The van der Waals surface area contributed by atoms with Gasteiger partial charge in [0.05, 0.1) is 10.7 Å². The first-order valence-corrected chi connectivity index (χ1v) is 8.57. The molecule has 4 nitrogen and oxygen atoms in total. The average molecular weight is 314 g/mol. The highest BCUT2D eigenvalue weighted by molar-refractivity contribution is 7.09. The zero-order valence-corrected chi connectivity index (χ0v) is 14.0. The number of aromatic nitrogens is 1. The molecular weight excluding hydrogens is 292 g/mol. The lowest BCUT2D eigenvalue weighted by atomic mass is 10.0. The molecular formula is C17H22N4S. The normalized spacial score (nSPS) is 14.8. The van der Waals surface area contributed by atoms with Crippen molar-refractivity contribution < 1.29 is 0 Å². The minimum absolute atomic E-state index is 0.869. The zero-order chi connectivity index (χ0) is 15.4. The summed E-state index contributed by atoms with van der Waals surface area (Å²) in [4.78, 5) is 11.3. The van der Waals surface area contributed by atoms with Crippen LogP contribution in [-0.2, 0) is 19.4 Å². The van der Waals surface area contributed by atoms with Gasteiger partial charge in [0.25, 0.3) is 0 Å². The van der Waals surface area contributed by atoms with Crippen LogP contribution in [-0.4, -0.2) is 36.0 Å². The Labute approximate surface area is 135 Å². The molecule has 22 heavy (non-hydrogen) atoms. The number of aryl methyl sites for hydroxylation is 1.